The van der Waals surface area contributed by atoms with Crippen LogP contribution in [0.25, 0.3) is 0 Å². The average molecular weight is 431 g/mol. The van der Waals surface area contributed by atoms with Gasteiger partial charge in [-0.05, 0) is 43.0 Å². The lowest BCUT2D eigenvalue weighted by molar-refractivity contribution is -0.0366. The van der Waals surface area contributed by atoms with Crippen LogP contribution < -0.4 is 9.47 Å². The van der Waals surface area contributed by atoms with E-state index in [0.717, 1.165) is 11.3 Å². The third-order valence-electron chi connectivity index (χ3n) is 5.56. The second-order valence-corrected chi connectivity index (χ2v) is 8.45. The molecule has 0 radical (unpaired) electrons. The number of ether oxygens (including phenoxy) is 3. The molecule has 2 unspecified atom stereocenters. The van der Waals surface area contributed by atoms with Crippen LogP contribution in [0.5, 0.6) is 11.5 Å². The topological polar surface area (TPSA) is 68.3 Å². The molecule has 0 aliphatic carbocycles. The van der Waals surface area contributed by atoms with Gasteiger partial charge in [0.15, 0.2) is 11.5 Å². The zero-order valence-electron chi connectivity index (χ0n) is 17.2. The molecule has 2 atom stereocenters. The normalized spacial score (nSPS) is 18.9. The quantitative estimate of drug-likeness (QED) is 0.704. The van der Waals surface area contributed by atoms with E-state index in [9.17, 15) is 9.59 Å². The third-order valence-corrected chi connectivity index (χ3v) is 6.42. The van der Waals surface area contributed by atoms with Crippen molar-refractivity contribution in [3.63, 3.8) is 0 Å². The van der Waals surface area contributed by atoms with Crippen LogP contribution in [0.2, 0.25) is 0 Å². The lowest BCUT2D eigenvalue weighted by Crippen LogP contribution is -2.52. The van der Waals surface area contributed by atoms with Crippen molar-refractivity contribution in [1.29, 1.82) is 0 Å². The highest BCUT2D eigenvalue weighted by Crippen LogP contribution is 2.33. The molecule has 0 bridgehead atoms. The molecule has 0 spiro atoms. The van der Waals surface area contributed by atoms with Crippen LogP contribution in [0, 0.1) is 0 Å². The molecule has 2 aromatic rings. The number of fused-ring (bicyclic) bond motifs is 1. The minimum atomic E-state index is -0.227. The van der Waals surface area contributed by atoms with Gasteiger partial charge in [0.25, 0.3) is 11.8 Å². The fourth-order valence-electron chi connectivity index (χ4n) is 3.67. The zero-order valence-corrected chi connectivity index (χ0v) is 18.0. The maximum atomic E-state index is 13.3. The molecule has 2 aliphatic rings. The smallest absolute Gasteiger partial charge is 0.264 e. The molecule has 0 N–H and O–H groups in total. The molecule has 0 saturated carbocycles. The van der Waals surface area contributed by atoms with E-state index in [1.165, 1.54) is 11.3 Å². The molecule has 1 aromatic carbocycles. The second-order valence-electron chi connectivity index (χ2n) is 7.50. The molecule has 2 amide bonds. The van der Waals surface area contributed by atoms with Crippen LogP contribution in [0.15, 0.2) is 35.7 Å². The predicted molar refractivity (Wildman–Crippen MR) is 113 cm³/mol. The maximum absolute atomic E-state index is 13.3. The largest absolute Gasteiger partial charge is 0.454 e. The van der Waals surface area contributed by atoms with Gasteiger partial charge in [0.2, 0.25) is 6.79 Å². The SMILES string of the molecule is CCC(C)N(CC1CN(C(=O)c2cccs2)CCO1)C(=O)c1ccc2c(c1)OCO2. The Morgan fingerprint density at radius 3 is 2.87 bits per heavy atom. The Balaban J connectivity index is 1.47. The Morgan fingerprint density at radius 1 is 1.27 bits per heavy atom. The average Bonchev–Trinajstić information content (AvgIpc) is 3.47. The molecule has 2 aliphatic heterocycles. The number of amides is 2. The van der Waals surface area contributed by atoms with Crippen molar-refractivity contribution in [3.05, 3.63) is 46.2 Å². The van der Waals surface area contributed by atoms with Gasteiger partial charge in [-0.15, -0.1) is 11.3 Å². The van der Waals surface area contributed by atoms with Crippen LogP contribution in [-0.4, -0.2) is 66.8 Å². The van der Waals surface area contributed by atoms with E-state index in [2.05, 4.69) is 6.92 Å². The van der Waals surface area contributed by atoms with E-state index in [0.29, 0.717) is 43.3 Å². The Bertz CT molecular complexity index is 901. The van der Waals surface area contributed by atoms with Crippen LogP contribution in [0.4, 0.5) is 0 Å². The van der Waals surface area contributed by atoms with E-state index in [-0.39, 0.29) is 30.8 Å². The fraction of sp³-hybridized carbons (Fsp3) is 0.455. The van der Waals surface area contributed by atoms with Gasteiger partial charge >= 0.3 is 0 Å². The van der Waals surface area contributed by atoms with Crippen molar-refractivity contribution in [2.45, 2.75) is 32.4 Å². The number of carbonyl (C=O) groups excluding carboxylic acids is 2. The van der Waals surface area contributed by atoms with Gasteiger partial charge < -0.3 is 24.0 Å². The number of hydrogen-bond donors (Lipinski definition) is 0. The molecule has 4 rings (SSSR count). The first kappa shape index (κ1) is 20.7. The lowest BCUT2D eigenvalue weighted by atomic mass is 10.1. The van der Waals surface area contributed by atoms with Gasteiger partial charge in [0.05, 0.1) is 17.6 Å². The van der Waals surface area contributed by atoms with Crippen LogP contribution >= 0.6 is 11.3 Å². The van der Waals surface area contributed by atoms with Crippen LogP contribution in [0.3, 0.4) is 0 Å². The van der Waals surface area contributed by atoms with Crippen molar-refractivity contribution in [3.8, 4) is 11.5 Å². The molecule has 30 heavy (non-hydrogen) atoms. The molecular weight excluding hydrogens is 404 g/mol. The number of rotatable bonds is 6. The van der Waals surface area contributed by atoms with Gasteiger partial charge in [-0.3, -0.25) is 9.59 Å². The first-order valence-corrected chi connectivity index (χ1v) is 11.1. The number of morpholine rings is 1. The van der Waals surface area contributed by atoms with E-state index >= 15 is 0 Å². The fourth-order valence-corrected chi connectivity index (χ4v) is 4.36. The Labute approximate surface area is 180 Å². The number of thiophene rings is 1. The summed E-state index contributed by atoms with van der Waals surface area (Å²) in [6.45, 7) is 6.18. The molecular formula is C22H26N2O5S. The third kappa shape index (κ3) is 4.29. The van der Waals surface area contributed by atoms with E-state index in [1.807, 2.05) is 34.2 Å². The van der Waals surface area contributed by atoms with Crippen molar-refractivity contribution >= 4 is 23.2 Å². The van der Waals surface area contributed by atoms with E-state index < -0.39 is 0 Å². The van der Waals surface area contributed by atoms with Crippen molar-refractivity contribution in [1.82, 2.24) is 9.80 Å². The standard InChI is InChI=1S/C22H26N2O5S/c1-3-15(2)24(21(25)16-6-7-18-19(11-16)29-14-28-18)13-17-12-23(8-9-27-17)22(26)20-5-4-10-30-20/h4-7,10-11,15,17H,3,8-9,12-14H2,1-2H3. The van der Waals surface area contributed by atoms with Crippen molar-refractivity contribution in [2.24, 2.45) is 0 Å². The van der Waals surface area contributed by atoms with E-state index in [4.69, 9.17) is 14.2 Å². The first-order valence-electron chi connectivity index (χ1n) is 10.2. The minimum absolute atomic E-state index is 0.0236. The van der Waals surface area contributed by atoms with Gasteiger partial charge in [-0.1, -0.05) is 13.0 Å². The van der Waals surface area contributed by atoms with Gasteiger partial charge in [0, 0.05) is 31.2 Å². The number of hydrogen-bond acceptors (Lipinski definition) is 6. The summed E-state index contributed by atoms with van der Waals surface area (Å²) in [5, 5.41) is 1.90. The maximum Gasteiger partial charge on any atom is 0.264 e. The summed E-state index contributed by atoms with van der Waals surface area (Å²) in [5.74, 6) is 1.19. The zero-order chi connectivity index (χ0) is 21.1. The summed E-state index contributed by atoms with van der Waals surface area (Å²) in [7, 11) is 0. The van der Waals surface area contributed by atoms with Gasteiger partial charge in [0.1, 0.15) is 0 Å². The second kappa shape index (κ2) is 9.06. The Hall–Kier alpha value is -2.58. The molecule has 1 aromatic heterocycles. The summed E-state index contributed by atoms with van der Waals surface area (Å²) >= 11 is 1.44. The number of benzene rings is 1. The predicted octanol–water partition coefficient (Wildman–Crippen LogP) is 3.26. The van der Waals surface area contributed by atoms with Gasteiger partial charge in [-0.2, -0.15) is 0 Å². The highest BCUT2D eigenvalue weighted by atomic mass is 32.1. The number of nitrogens with zero attached hydrogens (tertiary/aromatic N) is 2. The molecule has 3 heterocycles. The molecule has 7 nitrogen and oxygen atoms in total. The monoisotopic (exact) mass is 430 g/mol. The van der Waals surface area contributed by atoms with Gasteiger partial charge in [-0.25, -0.2) is 0 Å². The summed E-state index contributed by atoms with van der Waals surface area (Å²) < 4.78 is 16.7. The summed E-state index contributed by atoms with van der Waals surface area (Å²) in [6, 6.07) is 9.02. The summed E-state index contributed by atoms with van der Waals surface area (Å²) in [5.41, 5.74) is 0.557. The summed E-state index contributed by atoms with van der Waals surface area (Å²) in [4.78, 5) is 30.4. The first-order chi connectivity index (χ1) is 14.6. The summed E-state index contributed by atoms with van der Waals surface area (Å²) in [6.07, 6.45) is 0.593. The Morgan fingerprint density at radius 2 is 2.10 bits per heavy atom. The lowest BCUT2D eigenvalue weighted by Gasteiger charge is -2.37. The molecule has 1 fully saturated rings. The van der Waals surface area contributed by atoms with Crippen LogP contribution in [0.1, 0.15) is 40.3 Å². The van der Waals surface area contributed by atoms with E-state index in [1.54, 1.807) is 18.2 Å². The Kier molecular flexibility index (Phi) is 6.24. The van der Waals surface area contributed by atoms with Crippen molar-refractivity contribution in [2.75, 3.05) is 33.0 Å². The van der Waals surface area contributed by atoms with Crippen molar-refractivity contribution < 1.29 is 23.8 Å². The highest BCUT2D eigenvalue weighted by Gasteiger charge is 2.30. The molecule has 160 valence electrons. The molecule has 8 heteroatoms. The number of carbonyl (C=O) groups is 2. The highest BCUT2D eigenvalue weighted by molar-refractivity contribution is 7.12. The minimum Gasteiger partial charge on any atom is -0.454 e. The molecule has 1 saturated heterocycles. The van der Waals surface area contributed by atoms with Crippen LogP contribution in [-0.2, 0) is 4.74 Å².